The SMILES string of the molecule is Fc1cccc(-c2ncc3n2CCCN3)c1. The minimum atomic E-state index is -0.224. The Morgan fingerprint density at radius 2 is 2.31 bits per heavy atom. The molecule has 0 saturated carbocycles. The summed E-state index contributed by atoms with van der Waals surface area (Å²) in [4.78, 5) is 4.34. The molecule has 0 spiro atoms. The number of fused-ring (bicyclic) bond motifs is 1. The van der Waals surface area contributed by atoms with E-state index in [2.05, 4.69) is 14.9 Å². The van der Waals surface area contributed by atoms with Gasteiger partial charge in [-0.25, -0.2) is 9.37 Å². The summed E-state index contributed by atoms with van der Waals surface area (Å²) in [5.74, 6) is 1.63. The fourth-order valence-electron chi connectivity index (χ4n) is 2.05. The van der Waals surface area contributed by atoms with Crippen LogP contribution in [0.2, 0.25) is 0 Å². The van der Waals surface area contributed by atoms with Crippen LogP contribution in [-0.4, -0.2) is 16.1 Å². The first-order chi connectivity index (χ1) is 7.84. The molecule has 0 unspecified atom stereocenters. The van der Waals surface area contributed by atoms with Gasteiger partial charge < -0.3 is 9.88 Å². The molecule has 82 valence electrons. The average Bonchev–Trinajstić information content (AvgIpc) is 2.72. The van der Waals surface area contributed by atoms with Crippen molar-refractivity contribution in [1.82, 2.24) is 9.55 Å². The first-order valence-corrected chi connectivity index (χ1v) is 5.40. The number of halogens is 1. The van der Waals surface area contributed by atoms with Gasteiger partial charge in [-0.05, 0) is 18.6 Å². The normalized spacial score (nSPS) is 14.3. The van der Waals surface area contributed by atoms with E-state index in [4.69, 9.17) is 0 Å². The lowest BCUT2D eigenvalue weighted by molar-refractivity contribution is 0.624. The first-order valence-electron chi connectivity index (χ1n) is 5.40. The highest BCUT2D eigenvalue weighted by atomic mass is 19.1. The number of nitrogens with one attached hydrogen (secondary N) is 1. The minimum absolute atomic E-state index is 0.224. The van der Waals surface area contributed by atoms with E-state index in [1.165, 1.54) is 12.1 Å². The average molecular weight is 217 g/mol. The second-order valence-corrected chi connectivity index (χ2v) is 3.91. The molecule has 3 nitrogen and oxygen atoms in total. The summed E-state index contributed by atoms with van der Waals surface area (Å²) in [6.45, 7) is 1.92. The molecule has 1 aliphatic rings. The maximum atomic E-state index is 13.1. The van der Waals surface area contributed by atoms with E-state index in [0.29, 0.717) is 0 Å². The maximum absolute atomic E-state index is 13.1. The summed E-state index contributed by atoms with van der Waals surface area (Å²) >= 11 is 0. The Morgan fingerprint density at radius 1 is 1.38 bits per heavy atom. The second kappa shape index (κ2) is 3.63. The Hall–Kier alpha value is -1.84. The number of anilines is 1. The van der Waals surface area contributed by atoms with Gasteiger partial charge in [-0.15, -0.1) is 0 Å². The summed E-state index contributed by atoms with van der Waals surface area (Å²) < 4.78 is 15.2. The molecule has 1 N–H and O–H groups in total. The quantitative estimate of drug-likeness (QED) is 0.795. The van der Waals surface area contributed by atoms with Gasteiger partial charge in [0.2, 0.25) is 0 Å². The van der Waals surface area contributed by atoms with Gasteiger partial charge in [0.05, 0.1) is 6.20 Å². The van der Waals surface area contributed by atoms with Crippen molar-refractivity contribution in [2.75, 3.05) is 11.9 Å². The van der Waals surface area contributed by atoms with E-state index in [1.807, 2.05) is 6.07 Å². The molecule has 2 heterocycles. The summed E-state index contributed by atoms with van der Waals surface area (Å²) in [7, 11) is 0. The molecule has 1 aromatic heterocycles. The topological polar surface area (TPSA) is 29.9 Å². The maximum Gasteiger partial charge on any atom is 0.141 e. The van der Waals surface area contributed by atoms with E-state index in [9.17, 15) is 4.39 Å². The number of aromatic nitrogens is 2. The zero-order valence-corrected chi connectivity index (χ0v) is 8.78. The fourth-order valence-corrected chi connectivity index (χ4v) is 2.05. The Labute approximate surface area is 92.9 Å². The van der Waals surface area contributed by atoms with Crippen molar-refractivity contribution in [2.24, 2.45) is 0 Å². The van der Waals surface area contributed by atoms with Crippen LogP contribution in [0.5, 0.6) is 0 Å². The number of rotatable bonds is 1. The number of hydrogen-bond donors (Lipinski definition) is 1. The minimum Gasteiger partial charge on any atom is -0.370 e. The van der Waals surface area contributed by atoms with Crippen LogP contribution in [0.25, 0.3) is 11.4 Å². The van der Waals surface area contributed by atoms with Crippen molar-refractivity contribution < 1.29 is 4.39 Å². The number of hydrogen-bond acceptors (Lipinski definition) is 2. The summed E-state index contributed by atoms with van der Waals surface area (Å²) in [5, 5.41) is 3.27. The van der Waals surface area contributed by atoms with Crippen LogP contribution in [0.4, 0.5) is 10.2 Å². The van der Waals surface area contributed by atoms with Crippen LogP contribution in [-0.2, 0) is 6.54 Å². The first kappa shape index (κ1) is 9.39. The molecular weight excluding hydrogens is 205 g/mol. The highest BCUT2D eigenvalue weighted by Crippen LogP contribution is 2.25. The predicted molar refractivity (Wildman–Crippen MR) is 60.7 cm³/mol. The Balaban J connectivity index is 2.09. The zero-order valence-electron chi connectivity index (χ0n) is 8.78. The van der Waals surface area contributed by atoms with Crippen molar-refractivity contribution in [2.45, 2.75) is 13.0 Å². The van der Waals surface area contributed by atoms with Crippen molar-refractivity contribution >= 4 is 5.82 Å². The van der Waals surface area contributed by atoms with Crippen molar-refractivity contribution in [1.29, 1.82) is 0 Å². The summed E-state index contributed by atoms with van der Waals surface area (Å²) in [5.41, 5.74) is 0.829. The molecule has 1 aromatic carbocycles. The van der Waals surface area contributed by atoms with Gasteiger partial charge in [0.1, 0.15) is 17.5 Å². The molecule has 3 rings (SSSR count). The summed E-state index contributed by atoms with van der Waals surface area (Å²) in [6.07, 6.45) is 2.88. The molecular formula is C12H12FN3. The highest BCUT2D eigenvalue weighted by molar-refractivity contribution is 5.59. The van der Waals surface area contributed by atoms with Gasteiger partial charge in [-0.1, -0.05) is 12.1 Å². The molecule has 0 saturated heterocycles. The van der Waals surface area contributed by atoms with Crippen LogP contribution < -0.4 is 5.32 Å². The molecule has 0 radical (unpaired) electrons. The number of benzene rings is 1. The lowest BCUT2D eigenvalue weighted by Crippen LogP contribution is -2.17. The predicted octanol–water partition coefficient (Wildman–Crippen LogP) is 2.50. The molecule has 0 fully saturated rings. The third kappa shape index (κ3) is 1.46. The molecule has 0 aliphatic carbocycles. The van der Waals surface area contributed by atoms with Gasteiger partial charge >= 0.3 is 0 Å². The smallest absolute Gasteiger partial charge is 0.141 e. The van der Waals surface area contributed by atoms with Crippen molar-refractivity contribution in [3.8, 4) is 11.4 Å². The van der Waals surface area contributed by atoms with E-state index in [1.54, 1.807) is 12.3 Å². The molecule has 1 aliphatic heterocycles. The second-order valence-electron chi connectivity index (χ2n) is 3.91. The lowest BCUT2D eigenvalue weighted by Gasteiger charge is -2.18. The van der Waals surface area contributed by atoms with E-state index in [-0.39, 0.29) is 5.82 Å². The lowest BCUT2D eigenvalue weighted by atomic mass is 10.2. The van der Waals surface area contributed by atoms with Gasteiger partial charge in [0, 0.05) is 18.7 Å². The zero-order chi connectivity index (χ0) is 11.0. The van der Waals surface area contributed by atoms with E-state index >= 15 is 0 Å². The Kier molecular flexibility index (Phi) is 2.13. The Morgan fingerprint density at radius 3 is 3.19 bits per heavy atom. The largest absolute Gasteiger partial charge is 0.370 e. The van der Waals surface area contributed by atoms with Crippen LogP contribution in [0, 0.1) is 5.82 Å². The molecule has 0 bridgehead atoms. The van der Waals surface area contributed by atoms with E-state index in [0.717, 1.165) is 36.7 Å². The molecule has 0 amide bonds. The fraction of sp³-hybridized carbons (Fsp3) is 0.250. The summed E-state index contributed by atoms with van der Waals surface area (Å²) in [6, 6.07) is 6.56. The number of nitrogens with zero attached hydrogens (tertiary/aromatic N) is 2. The van der Waals surface area contributed by atoms with Crippen molar-refractivity contribution in [3.05, 3.63) is 36.3 Å². The van der Waals surface area contributed by atoms with Crippen molar-refractivity contribution in [3.63, 3.8) is 0 Å². The monoisotopic (exact) mass is 217 g/mol. The highest BCUT2D eigenvalue weighted by Gasteiger charge is 2.14. The Bertz CT molecular complexity index is 519. The van der Waals surface area contributed by atoms with Crippen LogP contribution in [0.1, 0.15) is 6.42 Å². The van der Waals surface area contributed by atoms with E-state index < -0.39 is 0 Å². The van der Waals surface area contributed by atoms with Gasteiger partial charge in [0.15, 0.2) is 0 Å². The third-order valence-electron chi connectivity index (χ3n) is 2.80. The van der Waals surface area contributed by atoms with Crippen LogP contribution in [0.3, 0.4) is 0 Å². The van der Waals surface area contributed by atoms with Gasteiger partial charge in [0.25, 0.3) is 0 Å². The number of imidazole rings is 1. The third-order valence-corrected chi connectivity index (χ3v) is 2.80. The molecule has 2 aromatic rings. The van der Waals surface area contributed by atoms with Crippen LogP contribution in [0.15, 0.2) is 30.5 Å². The van der Waals surface area contributed by atoms with Gasteiger partial charge in [-0.2, -0.15) is 0 Å². The van der Waals surface area contributed by atoms with Gasteiger partial charge in [-0.3, -0.25) is 0 Å². The molecule has 0 atom stereocenters. The van der Waals surface area contributed by atoms with Crippen LogP contribution >= 0.6 is 0 Å². The molecule has 4 heteroatoms. The molecule has 16 heavy (non-hydrogen) atoms. The standard InChI is InChI=1S/C12H12FN3/c13-10-4-1-3-9(7-10)12-15-8-11-14-5-2-6-16(11)12/h1,3-4,7-8,14H,2,5-6H2.